The minimum Gasteiger partial charge on any atom is -0.398 e. The molecule has 7 heteroatoms. The molecule has 1 heterocycles. The quantitative estimate of drug-likeness (QED) is 0.852. The highest BCUT2D eigenvalue weighted by molar-refractivity contribution is 7.98. The molecule has 0 aliphatic heterocycles. The van der Waals surface area contributed by atoms with E-state index in [0.717, 1.165) is 16.2 Å². The van der Waals surface area contributed by atoms with Crippen LogP contribution in [-0.4, -0.2) is 14.7 Å². The first-order chi connectivity index (χ1) is 8.51. The van der Waals surface area contributed by atoms with Crippen molar-refractivity contribution in [2.45, 2.75) is 9.10 Å². The summed E-state index contributed by atoms with van der Waals surface area (Å²) in [4.78, 5) is 1.00. The van der Waals surface area contributed by atoms with Crippen LogP contribution in [0.1, 0.15) is 0 Å². The van der Waals surface area contributed by atoms with Gasteiger partial charge in [0, 0.05) is 21.7 Å². The van der Waals surface area contributed by atoms with Crippen LogP contribution in [0.15, 0.2) is 44.8 Å². The maximum Gasteiger partial charge on any atom is 0.271 e. The fraction of sp³-hybridized carbons (Fsp3) is 0.0909. The molecular weight excluding hydrogens is 288 g/mol. The Labute approximate surface area is 114 Å². The van der Waals surface area contributed by atoms with Crippen molar-refractivity contribution in [2.24, 2.45) is 0 Å². The Morgan fingerprint density at radius 3 is 2.72 bits per heavy atom. The van der Waals surface area contributed by atoms with Gasteiger partial charge in [-0.3, -0.25) is 4.72 Å². The Kier molecular flexibility index (Phi) is 3.84. The molecule has 0 bridgehead atoms. The monoisotopic (exact) mass is 300 g/mol. The van der Waals surface area contributed by atoms with E-state index in [-0.39, 0.29) is 4.21 Å². The maximum atomic E-state index is 12.1. The fourth-order valence-corrected chi connectivity index (χ4v) is 3.95. The van der Waals surface area contributed by atoms with Crippen molar-refractivity contribution in [3.63, 3.8) is 0 Å². The van der Waals surface area contributed by atoms with Crippen molar-refractivity contribution in [3.05, 3.63) is 35.7 Å². The van der Waals surface area contributed by atoms with Crippen LogP contribution in [0, 0.1) is 0 Å². The predicted octanol–water partition coefficient (Wildman–Crippen LogP) is 2.85. The van der Waals surface area contributed by atoms with Crippen molar-refractivity contribution in [2.75, 3.05) is 16.7 Å². The van der Waals surface area contributed by atoms with Crippen LogP contribution in [0.4, 0.5) is 11.4 Å². The second-order valence-electron chi connectivity index (χ2n) is 3.54. The molecule has 0 saturated carbocycles. The Morgan fingerprint density at radius 1 is 1.33 bits per heavy atom. The molecule has 0 fully saturated rings. The summed E-state index contributed by atoms with van der Waals surface area (Å²) >= 11 is 2.66. The lowest BCUT2D eigenvalue weighted by atomic mass is 10.3. The summed E-state index contributed by atoms with van der Waals surface area (Å²) in [5.74, 6) is 0. The lowest BCUT2D eigenvalue weighted by molar-refractivity contribution is 0.603. The standard InChI is InChI=1S/C11H12N2O2S3/c1-16-10-4-2-3-9(6-10)13-18(14,15)11-5-8(12)7-17-11/h2-7,13H,12H2,1H3. The Hall–Kier alpha value is -1.18. The van der Waals surface area contributed by atoms with Gasteiger partial charge in [0.05, 0.1) is 0 Å². The Morgan fingerprint density at radius 2 is 2.11 bits per heavy atom. The molecule has 0 saturated heterocycles. The summed E-state index contributed by atoms with van der Waals surface area (Å²) < 4.78 is 26.9. The SMILES string of the molecule is CSc1cccc(NS(=O)(=O)c2cc(N)cs2)c1. The van der Waals surface area contributed by atoms with Crippen molar-refractivity contribution in [1.29, 1.82) is 0 Å². The molecule has 1 aromatic carbocycles. The number of nitrogen functional groups attached to an aromatic ring is 1. The number of anilines is 2. The minimum absolute atomic E-state index is 0.217. The maximum absolute atomic E-state index is 12.1. The number of hydrogen-bond donors (Lipinski definition) is 2. The number of rotatable bonds is 4. The van der Waals surface area contributed by atoms with Crippen molar-refractivity contribution in [3.8, 4) is 0 Å². The van der Waals surface area contributed by atoms with Crippen molar-refractivity contribution >= 4 is 44.5 Å². The second kappa shape index (κ2) is 5.21. The van der Waals surface area contributed by atoms with E-state index in [2.05, 4.69) is 4.72 Å². The molecule has 18 heavy (non-hydrogen) atoms. The Bertz CT molecular complexity index is 650. The topological polar surface area (TPSA) is 72.2 Å². The summed E-state index contributed by atoms with van der Waals surface area (Å²) in [5, 5.41) is 1.60. The first-order valence-electron chi connectivity index (χ1n) is 5.02. The highest BCUT2D eigenvalue weighted by Gasteiger charge is 2.16. The number of nitrogens with two attached hydrogens (primary N) is 1. The zero-order valence-electron chi connectivity index (χ0n) is 9.58. The van der Waals surface area contributed by atoms with E-state index in [0.29, 0.717) is 11.4 Å². The molecule has 2 aromatic rings. The van der Waals surface area contributed by atoms with Gasteiger partial charge in [-0.25, -0.2) is 8.42 Å². The number of nitrogens with one attached hydrogen (secondary N) is 1. The number of thiophene rings is 1. The highest BCUT2D eigenvalue weighted by Crippen LogP contribution is 2.25. The molecule has 4 nitrogen and oxygen atoms in total. The van der Waals surface area contributed by atoms with E-state index < -0.39 is 10.0 Å². The molecule has 0 aliphatic rings. The Balaban J connectivity index is 2.27. The van der Waals surface area contributed by atoms with Gasteiger partial charge in [0.25, 0.3) is 10.0 Å². The normalized spacial score (nSPS) is 11.4. The minimum atomic E-state index is -3.54. The van der Waals surface area contributed by atoms with Gasteiger partial charge in [-0.05, 0) is 30.5 Å². The summed E-state index contributed by atoms with van der Waals surface area (Å²) in [7, 11) is -3.54. The molecule has 0 atom stereocenters. The lowest BCUT2D eigenvalue weighted by Crippen LogP contribution is -2.11. The van der Waals surface area contributed by atoms with E-state index >= 15 is 0 Å². The first-order valence-corrected chi connectivity index (χ1v) is 8.61. The molecule has 96 valence electrons. The zero-order chi connectivity index (χ0) is 13.2. The van der Waals surface area contributed by atoms with Gasteiger partial charge in [-0.15, -0.1) is 23.1 Å². The van der Waals surface area contributed by atoms with E-state index in [9.17, 15) is 8.42 Å². The van der Waals surface area contributed by atoms with Crippen molar-refractivity contribution in [1.82, 2.24) is 0 Å². The van der Waals surface area contributed by atoms with Crippen LogP contribution in [-0.2, 0) is 10.0 Å². The van der Waals surface area contributed by atoms with Crippen LogP contribution in [0.25, 0.3) is 0 Å². The third-order valence-electron chi connectivity index (χ3n) is 2.18. The summed E-state index contributed by atoms with van der Waals surface area (Å²) in [6.07, 6.45) is 1.94. The van der Waals surface area contributed by atoms with Crippen LogP contribution >= 0.6 is 23.1 Å². The third-order valence-corrected chi connectivity index (χ3v) is 5.75. The van der Waals surface area contributed by atoms with Crippen LogP contribution in [0.2, 0.25) is 0 Å². The largest absolute Gasteiger partial charge is 0.398 e. The number of benzene rings is 1. The van der Waals surface area contributed by atoms with Crippen molar-refractivity contribution < 1.29 is 8.42 Å². The van der Waals surface area contributed by atoms with Crippen LogP contribution in [0.5, 0.6) is 0 Å². The zero-order valence-corrected chi connectivity index (χ0v) is 12.0. The van der Waals surface area contributed by atoms with Gasteiger partial charge in [-0.1, -0.05) is 6.07 Å². The number of hydrogen-bond acceptors (Lipinski definition) is 5. The molecule has 3 N–H and O–H groups in total. The second-order valence-corrected chi connectivity index (χ2v) is 7.24. The smallest absolute Gasteiger partial charge is 0.271 e. The van der Waals surface area contributed by atoms with Gasteiger partial charge >= 0.3 is 0 Å². The molecule has 0 spiro atoms. The van der Waals surface area contributed by atoms with E-state index in [1.807, 2.05) is 18.4 Å². The highest BCUT2D eigenvalue weighted by atomic mass is 32.2. The fourth-order valence-electron chi connectivity index (χ4n) is 1.36. The van der Waals surface area contributed by atoms with E-state index in [1.54, 1.807) is 29.3 Å². The molecular formula is C11H12N2O2S3. The van der Waals surface area contributed by atoms with Gasteiger partial charge in [0.1, 0.15) is 4.21 Å². The van der Waals surface area contributed by atoms with Gasteiger partial charge in [0.2, 0.25) is 0 Å². The first kappa shape index (κ1) is 13.3. The summed E-state index contributed by atoms with van der Waals surface area (Å²) in [5.41, 5.74) is 6.54. The third kappa shape index (κ3) is 2.98. The average Bonchev–Trinajstić information content (AvgIpc) is 2.76. The molecule has 0 unspecified atom stereocenters. The summed E-state index contributed by atoms with van der Waals surface area (Å²) in [6.45, 7) is 0. The number of sulfonamides is 1. The van der Waals surface area contributed by atoms with Gasteiger partial charge < -0.3 is 5.73 Å². The number of thioether (sulfide) groups is 1. The molecule has 0 radical (unpaired) electrons. The van der Waals surface area contributed by atoms with E-state index in [1.165, 1.54) is 6.07 Å². The summed E-state index contributed by atoms with van der Waals surface area (Å²) in [6, 6.07) is 8.69. The van der Waals surface area contributed by atoms with Gasteiger partial charge in [0.15, 0.2) is 0 Å². The molecule has 0 amide bonds. The molecule has 1 aromatic heterocycles. The predicted molar refractivity (Wildman–Crippen MR) is 77.8 cm³/mol. The van der Waals surface area contributed by atoms with Crippen LogP contribution in [0.3, 0.4) is 0 Å². The van der Waals surface area contributed by atoms with Gasteiger partial charge in [-0.2, -0.15) is 0 Å². The molecule has 2 rings (SSSR count). The lowest BCUT2D eigenvalue weighted by Gasteiger charge is -2.07. The average molecular weight is 300 g/mol. The van der Waals surface area contributed by atoms with Crippen LogP contribution < -0.4 is 10.5 Å². The van der Waals surface area contributed by atoms with E-state index in [4.69, 9.17) is 5.73 Å². The molecule has 0 aliphatic carbocycles.